The van der Waals surface area contributed by atoms with Crippen LogP contribution in [0.3, 0.4) is 0 Å². The average molecular weight is 287 g/mol. The van der Waals surface area contributed by atoms with Crippen LogP contribution in [0.15, 0.2) is 0 Å². The molecular weight excluding hydrogens is 260 g/mol. The molecule has 106 valence electrons. The maximum atomic E-state index is 10.4. The van der Waals surface area contributed by atoms with Gasteiger partial charge in [-0.05, 0) is 6.42 Å². The van der Waals surface area contributed by atoms with Gasteiger partial charge in [-0.25, -0.2) is 0 Å². The van der Waals surface area contributed by atoms with Crippen molar-refractivity contribution in [3.63, 3.8) is 0 Å². The number of rotatable bonds is 11. The molecule has 0 bridgehead atoms. The molecule has 0 heterocycles. The van der Waals surface area contributed by atoms with Gasteiger partial charge >= 0.3 is 0 Å². The SMILES string of the molecule is CCCCCCCCCCCCS(=O)(=O)O.Cl. The van der Waals surface area contributed by atoms with E-state index in [-0.39, 0.29) is 18.2 Å². The van der Waals surface area contributed by atoms with Gasteiger partial charge in [-0.1, -0.05) is 64.7 Å². The first kappa shape index (κ1) is 19.5. The van der Waals surface area contributed by atoms with E-state index >= 15 is 0 Å². The lowest BCUT2D eigenvalue weighted by Crippen LogP contribution is -2.03. The van der Waals surface area contributed by atoms with Crippen molar-refractivity contribution in [3.8, 4) is 0 Å². The first-order valence-electron chi connectivity index (χ1n) is 6.51. The van der Waals surface area contributed by atoms with E-state index in [4.69, 9.17) is 4.55 Å². The Kier molecular flexibility index (Phi) is 14.5. The van der Waals surface area contributed by atoms with Crippen LogP contribution >= 0.6 is 12.4 Å². The van der Waals surface area contributed by atoms with Gasteiger partial charge in [-0.2, -0.15) is 8.42 Å². The summed E-state index contributed by atoms with van der Waals surface area (Å²) in [5.41, 5.74) is 0. The summed E-state index contributed by atoms with van der Waals surface area (Å²) < 4.78 is 29.4. The van der Waals surface area contributed by atoms with Crippen LogP contribution in [0.2, 0.25) is 0 Å². The third-order valence-electron chi connectivity index (χ3n) is 2.76. The highest BCUT2D eigenvalue weighted by Crippen LogP contribution is 2.10. The fraction of sp³-hybridized carbons (Fsp3) is 1.00. The predicted octanol–water partition coefficient (Wildman–Crippen LogP) is 4.22. The van der Waals surface area contributed by atoms with Crippen molar-refractivity contribution < 1.29 is 13.0 Å². The van der Waals surface area contributed by atoms with E-state index in [0.717, 1.165) is 12.8 Å². The van der Waals surface area contributed by atoms with Crippen LogP contribution in [0.5, 0.6) is 0 Å². The van der Waals surface area contributed by atoms with Gasteiger partial charge < -0.3 is 0 Å². The highest BCUT2D eigenvalue weighted by molar-refractivity contribution is 7.85. The first-order valence-corrected chi connectivity index (χ1v) is 8.12. The third kappa shape index (κ3) is 18.7. The molecular formula is C12H27ClO3S. The summed E-state index contributed by atoms with van der Waals surface area (Å²) in [4.78, 5) is 0. The van der Waals surface area contributed by atoms with E-state index in [1.54, 1.807) is 0 Å². The predicted molar refractivity (Wildman–Crippen MR) is 75.5 cm³/mol. The molecule has 0 radical (unpaired) electrons. The van der Waals surface area contributed by atoms with Crippen molar-refractivity contribution in [3.05, 3.63) is 0 Å². The van der Waals surface area contributed by atoms with Gasteiger partial charge in [-0.15, -0.1) is 12.4 Å². The lowest BCUT2D eigenvalue weighted by atomic mass is 10.1. The summed E-state index contributed by atoms with van der Waals surface area (Å²) in [6.07, 6.45) is 11.7. The molecule has 0 fully saturated rings. The molecule has 0 rings (SSSR count). The van der Waals surface area contributed by atoms with Crippen molar-refractivity contribution >= 4 is 22.5 Å². The van der Waals surface area contributed by atoms with Gasteiger partial charge in [0.25, 0.3) is 10.1 Å². The average Bonchev–Trinajstić information content (AvgIpc) is 2.19. The largest absolute Gasteiger partial charge is 0.286 e. The maximum absolute atomic E-state index is 10.4. The summed E-state index contributed by atoms with van der Waals surface area (Å²) in [5, 5.41) is 0. The molecule has 0 aliphatic carbocycles. The van der Waals surface area contributed by atoms with Gasteiger partial charge in [0.1, 0.15) is 0 Å². The lowest BCUT2D eigenvalue weighted by molar-refractivity contribution is 0.478. The van der Waals surface area contributed by atoms with E-state index < -0.39 is 10.1 Å². The minimum atomic E-state index is -3.73. The van der Waals surface area contributed by atoms with E-state index in [2.05, 4.69) is 6.92 Å². The lowest BCUT2D eigenvalue weighted by Gasteiger charge is -2.01. The second-order valence-corrected chi connectivity index (χ2v) is 6.04. The normalized spacial score (nSPS) is 11.2. The minimum absolute atomic E-state index is 0. The molecule has 0 aromatic heterocycles. The van der Waals surface area contributed by atoms with Gasteiger partial charge in [0.05, 0.1) is 5.75 Å². The summed E-state index contributed by atoms with van der Waals surface area (Å²) in [6, 6.07) is 0. The molecule has 0 spiro atoms. The van der Waals surface area contributed by atoms with Crippen LogP contribution in [-0.2, 0) is 10.1 Å². The van der Waals surface area contributed by atoms with Gasteiger partial charge in [0.15, 0.2) is 0 Å². The van der Waals surface area contributed by atoms with Gasteiger partial charge in [-0.3, -0.25) is 4.55 Å². The van der Waals surface area contributed by atoms with Crippen LogP contribution < -0.4 is 0 Å². The van der Waals surface area contributed by atoms with Crippen molar-refractivity contribution in [2.75, 3.05) is 5.75 Å². The molecule has 0 amide bonds. The molecule has 0 atom stereocenters. The molecule has 0 aromatic rings. The molecule has 0 unspecified atom stereocenters. The Balaban J connectivity index is 0. The number of hydrogen-bond donors (Lipinski definition) is 1. The van der Waals surface area contributed by atoms with Crippen LogP contribution in [0, 0.1) is 0 Å². The van der Waals surface area contributed by atoms with Crippen LogP contribution in [0.25, 0.3) is 0 Å². The summed E-state index contributed by atoms with van der Waals surface area (Å²) in [7, 11) is -3.73. The summed E-state index contributed by atoms with van der Waals surface area (Å²) in [5.74, 6) is -0.0799. The Morgan fingerprint density at radius 2 is 1.12 bits per heavy atom. The molecule has 0 saturated carbocycles. The quantitative estimate of drug-likeness (QED) is 0.457. The van der Waals surface area contributed by atoms with Gasteiger partial charge in [0, 0.05) is 0 Å². The fourth-order valence-electron chi connectivity index (χ4n) is 1.77. The van der Waals surface area contributed by atoms with Crippen molar-refractivity contribution in [1.29, 1.82) is 0 Å². The fourth-order valence-corrected chi connectivity index (χ4v) is 2.34. The Morgan fingerprint density at radius 1 is 0.765 bits per heavy atom. The maximum Gasteiger partial charge on any atom is 0.264 e. The van der Waals surface area contributed by atoms with E-state index in [1.807, 2.05) is 0 Å². The molecule has 0 aliphatic heterocycles. The Morgan fingerprint density at radius 3 is 1.47 bits per heavy atom. The van der Waals surface area contributed by atoms with Crippen LogP contribution in [0.4, 0.5) is 0 Å². The smallest absolute Gasteiger partial charge is 0.264 e. The standard InChI is InChI=1S/C12H26O3S.ClH/c1-2-3-4-5-6-7-8-9-10-11-12-16(13,14)15;/h2-12H2,1H3,(H,13,14,15);1H. The Bertz CT molecular complexity index is 240. The Hall–Kier alpha value is 0.200. The monoisotopic (exact) mass is 286 g/mol. The summed E-state index contributed by atoms with van der Waals surface area (Å²) in [6.45, 7) is 2.22. The van der Waals surface area contributed by atoms with Crippen molar-refractivity contribution in [2.45, 2.75) is 71.1 Å². The molecule has 0 saturated heterocycles. The first-order chi connectivity index (χ1) is 7.56. The molecule has 1 N–H and O–H groups in total. The molecule has 3 nitrogen and oxygen atoms in total. The zero-order valence-electron chi connectivity index (χ0n) is 10.9. The van der Waals surface area contributed by atoms with E-state index in [0.29, 0.717) is 6.42 Å². The van der Waals surface area contributed by atoms with E-state index in [9.17, 15) is 8.42 Å². The Labute approximate surface area is 113 Å². The topological polar surface area (TPSA) is 54.4 Å². The van der Waals surface area contributed by atoms with Crippen LogP contribution in [0.1, 0.15) is 71.1 Å². The number of halogens is 1. The highest BCUT2D eigenvalue weighted by Gasteiger charge is 2.02. The zero-order valence-corrected chi connectivity index (χ0v) is 12.5. The third-order valence-corrected chi connectivity index (χ3v) is 3.56. The second kappa shape index (κ2) is 12.7. The molecule has 0 aliphatic rings. The van der Waals surface area contributed by atoms with E-state index in [1.165, 1.54) is 44.9 Å². The zero-order chi connectivity index (χ0) is 12.3. The van der Waals surface area contributed by atoms with Crippen molar-refractivity contribution in [2.24, 2.45) is 0 Å². The van der Waals surface area contributed by atoms with Gasteiger partial charge in [0.2, 0.25) is 0 Å². The number of unbranched alkanes of at least 4 members (excludes halogenated alkanes) is 9. The summed E-state index contributed by atoms with van der Waals surface area (Å²) >= 11 is 0. The molecule has 0 aromatic carbocycles. The highest BCUT2D eigenvalue weighted by atomic mass is 35.5. The molecule has 5 heteroatoms. The molecule has 17 heavy (non-hydrogen) atoms. The second-order valence-electron chi connectivity index (χ2n) is 4.47. The van der Waals surface area contributed by atoms with Crippen molar-refractivity contribution in [1.82, 2.24) is 0 Å². The van der Waals surface area contributed by atoms with Crippen LogP contribution in [-0.4, -0.2) is 18.7 Å². The minimum Gasteiger partial charge on any atom is -0.286 e. The number of hydrogen-bond acceptors (Lipinski definition) is 2.